The summed E-state index contributed by atoms with van der Waals surface area (Å²) in [4.78, 5) is 17.3. The molecule has 7 heteroatoms. The third-order valence-electron chi connectivity index (χ3n) is 5.47. The second-order valence-electron chi connectivity index (χ2n) is 8.50. The molecular weight excluding hydrogens is 448 g/mol. The average molecular weight is 475 g/mol. The van der Waals surface area contributed by atoms with E-state index in [9.17, 15) is 13.2 Å². The maximum atomic E-state index is 12.8. The summed E-state index contributed by atoms with van der Waals surface area (Å²) >= 11 is 0. The molecule has 4 rings (SSSR count). The van der Waals surface area contributed by atoms with Crippen molar-refractivity contribution in [1.29, 1.82) is 0 Å². The molecule has 3 aromatic carbocycles. The fourth-order valence-electron chi connectivity index (χ4n) is 3.71. The Morgan fingerprint density at radius 2 is 1.47 bits per heavy atom. The zero-order valence-electron chi connectivity index (χ0n) is 19.5. The molecule has 34 heavy (non-hydrogen) atoms. The molecule has 0 atom stereocenters. The van der Waals surface area contributed by atoms with Crippen LogP contribution in [0.2, 0.25) is 0 Å². The number of hydrogen-bond acceptors (Lipinski definition) is 5. The molecule has 1 heterocycles. The lowest BCUT2D eigenvalue weighted by atomic mass is 10.1. The molecule has 4 aromatic rings. The number of nitrogens with zero attached hydrogens (tertiary/aromatic N) is 1. The smallest absolute Gasteiger partial charge is 0.255 e. The molecule has 0 radical (unpaired) electrons. The van der Waals surface area contributed by atoms with Gasteiger partial charge in [-0.1, -0.05) is 23.8 Å². The van der Waals surface area contributed by atoms with Crippen LogP contribution in [0.1, 0.15) is 38.5 Å². The lowest BCUT2D eigenvalue weighted by Gasteiger charge is -2.08. The normalized spacial score (nSPS) is 11.4. The third-order valence-corrected chi connectivity index (χ3v) is 7.12. The quantitative estimate of drug-likeness (QED) is 0.381. The van der Waals surface area contributed by atoms with Gasteiger partial charge in [-0.05, 0) is 87.4 Å². The van der Waals surface area contributed by atoms with Gasteiger partial charge >= 0.3 is 0 Å². The maximum absolute atomic E-state index is 12.8. The second kappa shape index (κ2) is 9.27. The number of rotatable bonds is 6. The van der Waals surface area contributed by atoms with Gasteiger partial charge in [-0.3, -0.25) is 4.79 Å². The summed E-state index contributed by atoms with van der Waals surface area (Å²) in [6, 6.07) is 19.5. The summed E-state index contributed by atoms with van der Waals surface area (Å²) in [6.45, 7) is 7.57. The van der Waals surface area contributed by atoms with E-state index in [1.54, 1.807) is 55.5 Å². The summed E-state index contributed by atoms with van der Waals surface area (Å²) in [5.74, 6) is 0.294. The van der Waals surface area contributed by atoms with Gasteiger partial charge in [-0.2, -0.15) is 0 Å². The van der Waals surface area contributed by atoms with Crippen molar-refractivity contribution in [2.75, 3.05) is 5.32 Å². The van der Waals surface area contributed by atoms with E-state index in [0.717, 1.165) is 22.4 Å². The fourth-order valence-corrected chi connectivity index (χ4v) is 5.05. The SMILES string of the molecule is Cc1ccc(S(=O)(=O)Cc2nc(-c3ccc(C(=O)Nc4cc(C)cc(C)c4)cc3)oc2C)cc1. The molecule has 1 N–H and O–H groups in total. The number of aryl methyl sites for hydroxylation is 4. The molecule has 0 aliphatic rings. The van der Waals surface area contributed by atoms with E-state index < -0.39 is 9.84 Å². The van der Waals surface area contributed by atoms with Crippen LogP contribution in [0.5, 0.6) is 0 Å². The van der Waals surface area contributed by atoms with E-state index in [-0.39, 0.29) is 16.6 Å². The molecule has 0 aliphatic carbocycles. The van der Waals surface area contributed by atoms with E-state index in [4.69, 9.17) is 4.42 Å². The third kappa shape index (κ3) is 5.26. The second-order valence-corrected chi connectivity index (χ2v) is 10.5. The molecule has 0 fully saturated rings. The number of hydrogen-bond donors (Lipinski definition) is 1. The largest absolute Gasteiger partial charge is 0.441 e. The number of amides is 1. The Morgan fingerprint density at radius 3 is 2.09 bits per heavy atom. The van der Waals surface area contributed by atoms with Crippen molar-refractivity contribution in [3.63, 3.8) is 0 Å². The van der Waals surface area contributed by atoms with Crippen molar-refractivity contribution >= 4 is 21.4 Å². The van der Waals surface area contributed by atoms with Gasteiger partial charge in [0.25, 0.3) is 5.91 Å². The summed E-state index contributed by atoms with van der Waals surface area (Å²) in [5.41, 5.74) is 5.40. The van der Waals surface area contributed by atoms with Gasteiger partial charge in [-0.15, -0.1) is 0 Å². The van der Waals surface area contributed by atoms with Crippen molar-refractivity contribution < 1.29 is 17.6 Å². The Hall–Kier alpha value is -3.71. The van der Waals surface area contributed by atoms with Crippen LogP contribution in [0, 0.1) is 27.7 Å². The zero-order chi connectivity index (χ0) is 24.5. The van der Waals surface area contributed by atoms with Gasteiger partial charge in [0.2, 0.25) is 5.89 Å². The first-order valence-electron chi connectivity index (χ1n) is 10.9. The van der Waals surface area contributed by atoms with Crippen LogP contribution < -0.4 is 5.32 Å². The molecule has 0 saturated heterocycles. The molecule has 6 nitrogen and oxygen atoms in total. The van der Waals surface area contributed by atoms with Gasteiger partial charge in [0.05, 0.1) is 10.6 Å². The van der Waals surface area contributed by atoms with E-state index >= 15 is 0 Å². The van der Waals surface area contributed by atoms with Crippen LogP contribution >= 0.6 is 0 Å². The molecule has 1 amide bonds. The zero-order valence-corrected chi connectivity index (χ0v) is 20.4. The van der Waals surface area contributed by atoms with Crippen molar-refractivity contribution in [3.05, 3.63) is 100 Å². The first-order valence-corrected chi connectivity index (χ1v) is 12.5. The van der Waals surface area contributed by atoms with Crippen molar-refractivity contribution in [2.24, 2.45) is 0 Å². The van der Waals surface area contributed by atoms with E-state index in [2.05, 4.69) is 10.3 Å². The Balaban J connectivity index is 1.50. The molecule has 0 aliphatic heterocycles. The first kappa shape index (κ1) is 23.4. The predicted molar refractivity (Wildman–Crippen MR) is 133 cm³/mol. The van der Waals surface area contributed by atoms with Gasteiger partial charge in [-0.25, -0.2) is 13.4 Å². The lowest BCUT2D eigenvalue weighted by Crippen LogP contribution is -2.12. The van der Waals surface area contributed by atoms with Crippen LogP contribution in [0.25, 0.3) is 11.5 Å². The summed E-state index contributed by atoms with van der Waals surface area (Å²) < 4.78 is 31.3. The minimum atomic E-state index is -3.55. The number of nitrogens with one attached hydrogen (secondary N) is 1. The van der Waals surface area contributed by atoms with E-state index in [1.165, 1.54) is 0 Å². The number of oxazole rings is 1. The number of carbonyl (C=O) groups is 1. The summed E-state index contributed by atoms with van der Waals surface area (Å²) in [5, 5.41) is 2.91. The summed E-state index contributed by atoms with van der Waals surface area (Å²) in [6.07, 6.45) is 0. The Kier molecular flexibility index (Phi) is 6.39. The van der Waals surface area contributed by atoms with Crippen LogP contribution in [0.4, 0.5) is 5.69 Å². The Labute approximate surface area is 199 Å². The highest BCUT2D eigenvalue weighted by molar-refractivity contribution is 7.90. The maximum Gasteiger partial charge on any atom is 0.255 e. The van der Waals surface area contributed by atoms with Crippen LogP contribution in [-0.4, -0.2) is 19.3 Å². The minimum absolute atomic E-state index is 0.218. The fraction of sp³-hybridized carbons (Fsp3) is 0.185. The first-order chi connectivity index (χ1) is 16.1. The number of sulfone groups is 1. The Morgan fingerprint density at radius 1 is 0.853 bits per heavy atom. The molecular formula is C27H26N2O4S. The van der Waals surface area contributed by atoms with Crippen molar-refractivity contribution in [3.8, 4) is 11.5 Å². The molecule has 0 unspecified atom stereocenters. The molecule has 1 aromatic heterocycles. The number of benzene rings is 3. The monoisotopic (exact) mass is 474 g/mol. The van der Waals surface area contributed by atoms with E-state index in [1.807, 2.05) is 39.0 Å². The highest BCUT2D eigenvalue weighted by atomic mass is 32.2. The van der Waals surface area contributed by atoms with Crippen LogP contribution in [0.15, 0.2) is 76.0 Å². The van der Waals surface area contributed by atoms with Crippen molar-refractivity contribution in [2.45, 2.75) is 38.3 Å². The highest BCUT2D eigenvalue weighted by Gasteiger charge is 2.21. The van der Waals surface area contributed by atoms with Crippen molar-refractivity contribution in [1.82, 2.24) is 4.98 Å². The molecule has 0 bridgehead atoms. The van der Waals surface area contributed by atoms with Crippen LogP contribution in [0.3, 0.4) is 0 Å². The van der Waals surface area contributed by atoms with Gasteiger partial charge in [0.1, 0.15) is 11.5 Å². The van der Waals surface area contributed by atoms with Gasteiger partial charge in [0.15, 0.2) is 9.84 Å². The topological polar surface area (TPSA) is 89.3 Å². The molecule has 0 spiro atoms. The average Bonchev–Trinajstić information content (AvgIpc) is 3.13. The van der Waals surface area contributed by atoms with E-state index in [0.29, 0.717) is 28.5 Å². The minimum Gasteiger partial charge on any atom is -0.441 e. The summed E-state index contributed by atoms with van der Waals surface area (Å²) in [7, 11) is -3.55. The lowest BCUT2D eigenvalue weighted by molar-refractivity contribution is 0.102. The molecule has 0 saturated carbocycles. The van der Waals surface area contributed by atoms with Gasteiger partial charge < -0.3 is 9.73 Å². The van der Waals surface area contributed by atoms with Crippen LogP contribution in [-0.2, 0) is 15.6 Å². The molecule has 174 valence electrons. The van der Waals surface area contributed by atoms with Gasteiger partial charge in [0, 0.05) is 16.8 Å². The predicted octanol–water partition coefficient (Wildman–Crippen LogP) is 5.80. The standard InChI is InChI=1S/C27H26N2O4S/c1-17-5-11-24(12-6-17)34(31,32)16-25-20(4)33-27(29-25)22-9-7-21(8-10-22)26(30)28-23-14-18(2)13-19(3)15-23/h5-15H,16H2,1-4H3,(H,28,30). The number of anilines is 1. The number of carbonyl (C=O) groups excluding carboxylic acids is 1. The number of aromatic nitrogens is 1. The Bertz CT molecular complexity index is 1430. The highest BCUT2D eigenvalue weighted by Crippen LogP contribution is 2.25.